The Labute approximate surface area is 102 Å². The highest BCUT2D eigenvalue weighted by Gasteiger charge is 2.49. The monoisotopic (exact) mass is 285 g/mol. The second-order valence-electron chi connectivity index (χ2n) is 3.69. The van der Waals surface area contributed by atoms with Crippen LogP contribution in [0, 0.1) is 5.82 Å². The average molecular weight is 286 g/mol. The quantitative estimate of drug-likeness (QED) is 0.815. The minimum absolute atomic E-state index is 0.149. The Kier molecular flexibility index (Phi) is 3.09. The van der Waals surface area contributed by atoms with E-state index in [1.165, 1.54) is 6.07 Å². The first-order chi connectivity index (χ1) is 7.83. The van der Waals surface area contributed by atoms with Gasteiger partial charge in [0.15, 0.2) is 0 Å². The highest BCUT2D eigenvalue weighted by atomic mass is 35.5. The van der Waals surface area contributed by atoms with Crippen molar-refractivity contribution in [3.63, 3.8) is 0 Å². The Morgan fingerprint density at radius 1 is 1.41 bits per heavy atom. The number of halogens is 4. The maximum absolute atomic E-state index is 13.6. The zero-order valence-electron chi connectivity index (χ0n) is 8.21. The summed E-state index contributed by atoms with van der Waals surface area (Å²) in [5.74, 6) is -4.16. The number of hydrogen-bond donors (Lipinski definition) is 2. The van der Waals surface area contributed by atoms with Crippen molar-refractivity contribution in [1.82, 2.24) is 4.72 Å². The highest BCUT2D eigenvalue weighted by molar-refractivity contribution is 7.70. The summed E-state index contributed by atoms with van der Waals surface area (Å²) in [4.78, 5) is 0. The van der Waals surface area contributed by atoms with E-state index in [2.05, 4.69) is 0 Å². The van der Waals surface area contributed by atoms with Crippen LogP contribution >= 0.6 is 11.6 Å². The van der Waals surface area contributed by atoms with E-state index in [0.29, 0.717) is 0 Å². The van der Waals surface area contributed by atoms with Gasteiger partial charge in [-0.2, -0.15) is 0 Å². The van der Waals surface area contributed by atoms with Gasteiger partial charge in [-0.25, -0.2) is 26.3 Å². The number of alkyl halides is 2. The van der Waals surface area contributed by atoms with E-state index in [-0.39, 0.29) is 11.1 Å². The molecule has 8 heteroatoms. The predicted octanol–water partition coefficient (Wildman–Crippen LogP) is 1.83. The molecule has 0 heterocycles. The van der Waals surface area contributed by atoms with Gasteiger partial charge in [-0.05, 0) is 11.6 Å². The van der Waals surface area contributed by atoms with E-state index in [9.17, 15) is 21.6 Å². The number of thiol groups is 1. The summed E-state index contributed by atoms with van der Waals surface area (Å²) in [6.45, 7) is 0. The average Bonchev–Trinajstić information content (AvgIpc) is 2.45. The van der Waals surface area contributed by atoms with Crippen LogP contribution < -0.4 is 4.72 Å². The summed E-state index contributed by atoms with van der Waals surface area (Å²) in [5, 5.41) is -0.464. The van der Waals surface area contributed by atoms with Crippen LogP contribution in [0.3, 0.4) is 0 Å². The van der Waals surface area contributed by atoms with Gasteiger partial charge in [0.2, 0.25) is 10.9 Å². The third-order valence-corrected chi connectivity index (χ3v) is 3.45. The maximum atomic E-state index is 13.6. The molecule has 1 aliphatic carbocycles. The molecule has 0 radical (unpaired) electrons. The van der Waals surface area contributed by atoms with Gasteiger partial charge >= 0.3 is 0 Å². The summed E-state index contributed by atoms with van der Waals surface area (Å²) >= 11 is 5.60. The Hall–Kier alpha value is -0.790. The van der Waals surface area contributed by atoms with Crippen molar-refractivity contribution in [1.29, 1.82) is 0 Å². The van der Waals surface area contributed by atoms with Crippen molar-refractivity contribution < 1.29 is 21.6 Å². The number of nitrogens with one attached hydrogen (secondary N) is 1. The van der Waals surface area contributed by atoms with Crippen LogP contribution in [0.25, 0.3) is 0 Å². The van der Waals surface area contributed by atoms with Crippen molar-refractivity contribution in [2.75, 3.05) is 0 Å². The lowest BCUT2D eigenvalue weighted by Crippen LogP contribution is -2.33. The largest absolute Gasteiger partial charge is 0.272 e. The molecule has 0 saturated heterocycles. The number of rotatable bonds is 2. The summed E-state index contributed by atoms with van der Waals surface area (Å²) in [5.41, 5.74) is -0.0355. The fourth-order valence-electron chi connectivity index (χ4n) is 1.90. The van der Waals surface area contributed by atoms with E-state index < -0.39 is 40.1 Å². The molecule has 0 unspecified atom stereocenters. The first kappa shape index (κ1) is 12.7. The number of fused-ring (bicyclic) bond motifs is 1. The van der Waals surface area contributed by atoms with Crippen molar-refractivity contribution >= 4 is 22.5 Å². The smallest absolute Gasteiger partial charge is 0.215 e. The molecule has 0 aromatic heterocycles. The molecule has 3 nitrogen and oxygen atoms in total. The van der Waals surface area contributed by atoms with E-state index in [0.717, 1.165) is 6.07 Å². The van der Waals surface area contributed by atoms with Crippen LogP contribution in [0.5, 0.6) is 0 Å². The molecule has 2 rings (SSSR count). The van der Waals surface area contributed by atoms with Crippen molar-refractivity contribution in [2.24, 2.45) is 0 Å². The molecule has 1 aromatic carbocycles. The molecule has 17 heavy (non-hydrogen) atoms. The van der Waals surface area contributed by atoms with Gasteiger partial charge in [-0.3, -0.25) is 0 Å². The van der Waals surface area contributed by atoms with Crippen LogP contribution in [-0.2, 0) is 17.3 Å². The van der Waals surface area contributed by atoms with Gasteiger partial charge in [0.1, 0.15) is 11.9 Å². The normalized spacial score (nSPS) is 21.8. The molecule has 0 amide bonds. The van der Waals surface area contributed by atoms with Gasteiger partial charge in [0.25, 0.3) is 5.92 Å². The van der Waals surface area contributed by atoms with Gasteiger partial charge in [0.05, 0.1) is 5.02 Å². The SMILES string of the molecule is O=[SH](=O)N[C@H]1c2c(ccc(F)c2Cl)CC1(F)F. The molecular formula is C9H7ClF3NO2S. The Balaban J connectivity index is 2.57. The molecule has 0 aliphatic heterocycles. The topological polar surface area (TPSA) is 46.2 Å². The number of benzene rings is 1. The van der Waals surface area contributed by atoms with Crippen LogP contribution in [0.2, 0.25) is 5.02 Å². The predicted molar refractivity (Wildman–Crippen MR) is 56.3 cm³/mol. The van der Waals surface area contributed by atoms with E-state index in [1.807, 2.05) is 0 Å². The van der Waals surface area contributed by atoms with Crippen molar-refractivity contribution in [3.05, 3.63) is 34.1 Å². The van der Waals surface area contributed by atoms with Crippen LogP contribution in [0.15, 0.2) is 12.1 Å². The minimum Gasteiger partial charge on any atom is -0.215 e. The molecular weight excluding hydrogens is 279 g/mol. The van der Waals surface area contributed by atoms with Crippen LogP contribution in [-0.4, -0.2) is 14.3 Å². The lowest BCUT2D eigenvalue weighted by Gasteiger charge is -2.18. The van der Waals surface area contributed by atoms with Gasteiger partial charge < -0.3 is 0 Å². The second-order valence-corrected chi connectivity index (χ2v) is 4.84. The Morgan fingerprint density at radius 2 is 2.06 bits per heavy atom. The Bertz CT molecular complexity index is 539. The van der Waals surface area contributed by atoms with Gasteiger partial charge in [0, 0.05) is 12.0 Å². The molecule has 0 bridgehead atoms. The molecule has 1 aromatic rings. The second kappa shape index (κ2) is 4.15. The van der Waals surface area contributed by atoms with E-state index in [4.69, 9.17) is 11.6 Å². The molecule has 1 N–H and O–H groups in total. The summed E-state index contributed by atoms with van der Waals surface area (Å²) in [6, 6.07) is 0.364. The molecule has 0 fully saturated rings. The zero-order chi connectivity index (χ0) is 12.8. The number of hydrogen-bond acceptors (Lipinski definition) is 2. The minimum atomic E-state index is -3.31. The maximum Gasteiger partial charge on any atom is 0.272 e. The first-order valence-corrected chi connectivity index (χ1v) is 6.13. The zero-order valence-corrected chi connectivity index (χ0v) is 9.87. The molecule has 94 valence electrons. The highest BCUT2D eigenvalue weighted by Crippen LogP contribution is 2.46. The van der Waals surface area contributed by atoms with Crippen LogP contribution in [0.4, 0.5) is 13.2 Å². The molecule has 1 atom stereocenters. The fourth-order valence-corrected chi connectivity index (χ4v) is 2.73. The lowest BCUT2D eigenvalue weighted by molar-refractivity contribution is -0.0184. The first-order valence-electron chi connectivity index (χ1n) is 4.58. The molecule has 0 saturated carbocycles. The van der Waals surface area contributed by atoms with Crippen molar-refractivity contribution in [3.8, 4) is 0 Å². The van der Waals surface area contributed by atoms with E-state index >= 15 is 0 Å². The molecule has 0 spiro atoms. The standard InChI is InChI=1S/C9H7ClF3NO2S/c10-7-5(11)2-1-4-3-9(12,13)8(6(4)7)14-17(15)16/h1-2,8,17H,3H2,(H,14,15,16)/t8-/m0/s1. The Morgan fingerprint density at radius 3 is 2.65 bits per heavy atom. The fraction of sp³-hybridized carbons (Fsp3) is 0.333. The summed E-state index contributed by atoms with van der Waals surface area (Å²) in [7, 11) is -3.23. The van der Waals surface area contributed by atoms with Crippen LogP contribution in [0.1, 0.15) is 17.2 Å². The summed E-state index contributed by atoms with van der Waals surface area (Å²) < 4.78 is 63.0. The van der Waals surface area contributed by atoms with Gasteiger partial charge in [-0.1, -0.05) is 17.7 Å². The van der Waals surface area contributed by atoms with E-state index in [1.54, 1.807) is 4.72 Å². The lowest BCUT2D eigenvalue weighted by atomic mass is 10.1. The van der Waals surface area contributed by atoms with Gasteiger partial charge in [-0.15, -0.1) is 0 Å². The third kappa shape index (κ3) is 2.14. The van der Waals surface area contributed by atoms with Crippen molar-refractivity contribution in [2.45, 2.75) is 18.4 Å². The molecule has 1 aliphatic rings. The summed E-state index contributed by atoms with van der Waals surface area (Å²) in [6.07, 6.45) is -0.664. The third-order valence-electron chi connectivity index (χ3n) is 2.59.